The lowest BCUT2D eigenvalue weighted by molar-refractivity contribution is 0.272. The minimum atomic E-state index is -0.142. The Morgan fingerprint density at radius 2 is 2.31 bits per heavy atom. The van der Waals surface area contributed by atoms with E-state index in [0.29, 0.717) is 12.5 Å². The number of rotatable bonds is 4. The van der Waals surface area contributed by atoms with Crippen LogP contribution in [0, 0.1) is 0 Å². The van der Waals surface area contributed by atoms with Gasteiger partial charge in [0.05, 0.1) is 6.61 Å². The first-order valence-electron chi connectivity index (χ1n) is 4.30. The van der Waals surface area contributed by atoms with E-state index in [4.69, 9.17) is 10.5 Å². The van der Waals surface area contributed by atoms with Crippen LogP contribution in [0.3, 0.4) is 0 Å². The number of hydrogen-bond donors (Lipinski definition) is 2. The van der Waals surface area contributed by atoms with E-state index in [0.717, 1.165) is 12.8 Å². The fourth-order valence-corrected chi connectivity index (χ4v) is 0.960. The molecule has 1 aromatic heterocycles. The molecule has 0 amide bonds. The summed E-state index contributed by atoms with van der Waals surface area (Å²) in [5.74, 6) is 0.450. The van der Waals surface area contributed by atoms with E-state index in [1.807, 2.05) is 0 Å². The molecule has 1 aromatic rings. The van der Waals surface area contributed by atoms with Crippen LogP contribution in [0.15, 0.2) is 0 Å². The molecule has 1 heterocycles. The Kier molecular flexibility index (Phi) is 3.00. The van der Waals surface area contributed by atoms with Crippen LogP contribution in [0.1, 0.15) is 19.8 Å². The van der Waals surface area contributed by atoms with Gasteiger partial charge in [-0.25, -0.2) is 0 Å². The quantitative estimate of drug-likeness (QED) is 0.683. The predicted octanol–water partition coefficient (Wildman–Crippen LogP) is 0.887. The zero-order chi connectivity index (χ0) is 9.84. The molecule has 0 bridgehead atoms. The van der Waals surface area contributed by atoms with Crippen molar-refractivity contribution >= 4 is 5.95 Å². The van der Waals surface area contributed by atoms with Crippen LogP contribution in [-0.4, -0.2) is 21.3 Å². The van der Waals surface area contributed by atoms with E-state index < -0.39 is 0 Å². The minimum absolute atomic E-state index is 0.142. The molecular formula is C8H15N3O2. The van der Waals surface area contributed by atoms with Crippen molar-refractivity contribution < 1.29 is 9.84 Å². The van der Waals surface area contributed by atoms with Crippen molar-refractivity contribution in [3.05, 3.63) is 0 Å². The second-order valence-electron chi connectivity index (χ2n) is 2.86. The standard InChI is InChI=1S/C8H15N3O2/c1-3-4-5-13-7-6(12)10-8(9)11(7)2/h12H,3-5H2,1-2H3,(H2,9,10). The topological polar surface area (TPSA) is 73.3 Å². The number of aromatic nitrogens is 2. The van der Waals surface area contributed by atoms with Gasteiger partial charge >= 0.3 is 0 Å². The number of aromatic hydroxyl groups is 1. The van der Waals surface area contributed by atoms with Gasteiger partial charge in [0, 0.05) is 7.05 Å². The SMILES string of the molecule is CCCCOc1c(O)nc(N)n1C. The Bertz CT molecular complexity index is 283. The lowest BCUT2D eigenvalue weighted by atomic mass is 10.4. The monoisotopic (exact) mass is 185 g/mol. The Morgan fingerprint density at radius 3 is 2.77 bits per heavy atom. The molecule has 0 fully saturated rings. The zero-order valence-electron chi connectivity index (χ0n) is 7.95. The number of nitrogens with zero attached hydrogens (tertiary/aromatic N) is 2. The Labute approximate surface area is 77.1 Å². The number of hydrogen-bond acceptors (Lipinski definition) is 4. The first kappa shape index (κ1) is 9.70. The highest BCUT2D eigenvalue weighted by molar-refractivity contribution is 5.36. The van der Waals surface area contributed by atoms with E-state index >= 15 is 0 Å². The summed E-state index contributed by atoms with van der Waals surface area (Å²) < 4.78 is 6.82. The van der Waals surface area contributed by atoms with Crippen molar-refractivity contribution in [1.82, 2.24) is 9.55 Å². The molecule has 1 rings (SSSR count). The average Bonchev–Trinajstić information content (AvgIpc) is 2.32. The zero-order valence-corrected chi connectivity index (χ0v) is 7.95. The third-order valence-electron chi connectivity index (χ3n) is 1.80. The van der Waals surface area contributed by atoms with Gasteiger partial charge in [0.15, 0.2) is 0 Å². The first-order valence-corrected chi connectivity index (χ1v) is 4.30. The van der Waals surface area contributed by atoms with Crippen LogP contribution >= 0.6 is 0 Å². The van der Waals surface area contributed by atoms with Crippen LogP contribution in [-0.2, 0) is 7.05 Å². The average molecular weight is 185 g/mol. The van der Waals surface area contributed by atoms with Crippen molar-refractivity contribution in [1.29, 1.82) is 0 Å². The molecule has 13 heavy (non-hydrogen) atoms. The molecular weight excluding hydrogens is 170 g/mol. The van der Waals surface area contributed by atoms with Gasteiger partial charge < -0.3 is 15.6 Å². The normalized spacial score (nSPS) is 10.3. The summed E-state index contributed by atoms with van der Waals surface area (Å²) in [5, 5.41) is 9.27. The van der Waals surface area contributed by atoms with Gasteiger partial charge in [0.1, 0.15) is 0 Å². The van der Waals surface area contributed by atoms with Crippen molar-refractivity contribution in [2.24, 2.45) is 7.05 Å². The van der Waals surface area contributed by atoms with Gasteiger partial charge in [-0.05, 0) is 6.42 Å². The molecule has 5 nitrogen and oxygen atoms in total. The summed E-state index contributed by atoms with van der Waals surface area (Å²) in [6.45, 7) is 2.64. The number of imidazole rings is 1. The predicted molar refractivity (Wildman–Crippen MR) is 49.7 cm³/mol. The molecule has 0 aliphatic heterocycles. The number of ether oxygens (including phenoxy) is 1. The molecule has 5 heteroatoms. The van der Waals surface area contributed by atoms with E-state index in [2.05, 4.69) is 11.9 Å². The molecule has 0 aliphatic rings. The maximum absolute atomic E-state index is 9.27. The number of nitrogen functional groups attached to an aromatic ring is 1. The van der Waals surface area contributed by atoms with E-state index in [-0.39, 0.29) is 11.8 Å². The van der Waals surface area contributed by atoms with Crippen LogP contribution in [0.25, 0.3) is 0 Å². The van der Waals surface area contributed by atoms with Crippen LogP contribution < -0.4 is 10.5 Å². The second kappa shape index (κ2) is 4.02. The van der Waals surface area contributed by atoms with Crippen molar-refractivity contribution in [3.63, 3.8) is 0 Å². The maximum atomic E-state index is 9.27. The third kappa shape index (κ3) is 2.05. The number of anilines is 1. The molecule has 0 saturated carbocycles. The molecule has 0 radical (unpaired) electrons. The maximum Gasteiger partial charge on any atom is 0.277 e. The fraction of sp³-hybridized carbons (Fsp3) is 0.625. The highest BCUT2D eigenvalue weighted by atomic mass is 16.5. The molecule has 0 spiro atoms. The van der Waals surface area contributed by atoms with E-state index in [9.17, 15) is 5.11 Å². The van der Waals surface area contributed by atoms with Crippen LogP contribution in [0.4, 0.5) is 5.95 Å². The summed E-state index contributed by atoms with van der Waals surface area (Å²) in [5.41, 5.74) is 5.46. The van der Waals surface area contributed by atoms with Crippen molar-refractivity contribution in [2.45, 2.75) is 19.8 Å². The summed E-state index contributed by atoms with van der Waals surface area (Å²) in [7, 11) is 1.70. The van der Waals surface area contributed by atoms with Crippen LogP contribution in [0.5, 0.6) is 11.8 Å². The van der Waals surface area contributed by atoms with E-state index in [1.165, 1.54) is 4.57 Å². The van der Waals surface area contributed by atoms with Crippen LogP contribution in [0.2, 0.25) is 0 Å². The van der Waals surface area contributed by atoms with Crippen molar-refractivity contribution in [3.8, 4) is 11.8 Å². The molecule has 0 atom stereocenters. The van der Waals surface area contributed by atoms with Gasteiger partial charge in [-0.1, -0.05) is 13.3 Å². The van der Waals surface area contributed by atoms with Crippen molar-refractivity contribution in [2.75, 3.05) is 12.3 Å². The molecule has 3 N–H and O–H groups in total. The minimum Gasteiger partial charge on any atom is -0.489 e. The summed E-state index contributed by atoms with van der Waals surface area (Å²) >= 11 is 0. The number of unbranched alkanes of at least 4 members (excludes halogenated alkanes) is 1. The third-order valence-corrected chi connectivity index (χ3v) is 1.80. The summed E-state index contributed by atoms with van der Waals surface area (Å²) in [6.07, 6.45) is 2.00. The van der Waals surface area contributed by atoms with Gasteiger partial charge in [-0.2, -0.15) is 4.98 Å². The molecule has 0 saturated heterocycles. The Hall–Kier alpha value is -1.39. The van der Waals surface area contributed by atoms with Gasteiger partial charge in [0.2, 0.25) is 5.95 Å². The molecule has 74 valence electrons. The van der Waals surface area contributed by atoms with Gasteiger partial charge in [0.25, 0.3) is 11.8 Å². The smallest absolute Gasteiger partial charge is 0.277 e. The largest absolute Gasteiger partial charge is 0.489 e. The fourth-order valence-electron chi connectivity index (χ4n) is 0.960. The summed E-state index contributed by atoms with van der Waals surface area (Å²) in [6, 6.07) is 0. The van der Waals surface area contributed by atoms with Gasteiger partial charge in [-0.15, -0.1) is 0 Å². The van der Waals surface area contributed by atoms with Gasteiger partial charge in [-0.3, -0.25) is 4.57 Å². The second-order valence-corrected chi connectivity index (χ2v) is 2.86. The van der Waals surface area contributed by atoms with E-state index in [1.54, 1.807) is 7.05 Å². The lowest BCUT2D eigenvalue weighted by Crippen LogP contribution is -2.03. The molecule has 0 aromatic carbocycles. The highest BCUT2D eigenvalue weighted by Crippen LogP contribution is 2.26. The summed E-state index contributed by atoms with van der Waals surface area (Å²) in [4.78, 5) is 3.66. The first-order chi connectivity index (χ1) is 6.16. The Morgan fingerprint density at radius 1 is 1.62 bits per heavy atom. The lowest BCUT2D eigenvalue weighted by Gasteiger charge is -2.05. The number of nitrogens with two attached hydrogens (primary N) is 1. The Balaban J connectivity index is 2.64. The molecule has 0 aliphatic carbocycles. The molecule has 0 unspecified atom stereocenters. The highest BCUT2D eigenvalue weighted by Gasteiger charge is 2.12.